The third-order valence-electron chi connectivity index (χ3n) is 8.28. The minimum atomic E-state index is -0.914. The van der Waals surface area contributed by atoms with E-state index in [0.717, 1.165) is 24.7 Å². The van der Waals surface area contributed by atoms with Crippen molar-refractivity contribution >= 4 is 17.9 Å². The first-order chi connectivity index (χ1) is 12.9. The van der Waals surface area contributed by atoms with Gasteiger partial charge in [0.1, 0.15) is 12.9 Å². The van der Waals surface area contributed by atoms with Crippen LogP contribution >= 0.6 is 0 Å². The zero-order chi connectivity index (χ0) is 19.4. The van der Waals surface area contributed by atoms with Gasteiger partial charge < -0.3 is 20.1 Å². The van der Waals surface area contributed by atoms with E-state index in [1.807, 2.05) is 0 Å². The van der Waals surface area contributed by atoms with E-state index >= 15 is 0 Å². The first-order valence-corrected chi connectivity index (χ1v) is 10.1. The molecule has 0 aromatic carbocycles. The number of carbonyl (C=O) groups excluding carboxylic acids is 3. The van der Waals surface area contributed by atoms with Gasteiger partial charge in [0.05, 0.1) is 12.7 Å². The summed E-state index contributed by atoms with van der Waals surface area (Å²) in [4.78, 5) is 36.5. The molecule has 0 bridgehead atoms. The summed E-state index contributed by atoms with van der Waals surface area (Å²) < 4.78 is 0. The number of hydrogen-bond acceptors (Lipinski definition) is 6. The van der Waals surface area contributed by atoms with Crippen molar-refractivity contribution < 1.29 is 29.7 Å². The summed E-state index contributed by atoms with van der Waals surface area (Å²) in [6, 6.07) is 0. The Balaban J connectivity index is 1.76. The molecule has 7 atom stereocenters. The van der Waals surface area contributed by atoms with Crippen molar-refractivity contribution in [2.75, 3.05) is 13.2 Å². The van der Waals surface area contributed by atoms with Gasteiger partial charge in [0.25, 0.3) is 0 Å². The van der Waals surface area contributed by atoms with Crippen molar-refractivity contribution in [2.45, 2.75) is 51.0 Å². The molecule has 0 unspecified atom stereocenters. The number of carbonyl (C=O) groups is 3. The van der Waals surface area contributed by atoms with Crippen LogP contribution in [-0.4, -0.2) is 52.5 Å². The largest absolute Gasteiger partial charge is 0.395 e. The molecule has 0 saturated heterocycles. The van der Waals surface area contributed by atoms with Crippen LogP contribution in [0.2, 0.25) is 0 Å². The lowest BCUT2D eigenvalue weighted by Gasteiger charge is -2.59. The predicted molar refractivity (Wildman–Crippen MR) is 95.5 cm³/mol. The Labute approximate surface area is 158 Å². The van der Waals surface area contributed by atoms with E-state index in [0.29, 0.717) is 25.7 Å². The van der Waals surface area contributed by atoms with Crippen LogP contribution in [0.4, 0.5) is 0 Å². The minimum Gasteiger partial charge on any atom is -0.395 e. The molecular formula is C21H28O6. The van der Waals surface area contributed by atoms with Crippen LogP contribution in [0.5, 0.6) is 0 Å². The third-order valence-corrected chi connectivity index (χ3v) is 8.28. The van der Waals surface area contributed by atoms with Crippen molar-refractivity contribution in [3.63, 3.8) is 0 Å². The highest BCUT2D eigenvalue weighted by atomic mass is 16.3. The number of aldehydes is 1. The summed E-state index contributed by atoms with van der Waals surface area (Å²) in [5.41, 5.74) is -0.561. The van der Waals surface area contributed by atoms with E-state index in [2.05, 4.69) is 0 Å². The smallest absolute Gasteiger partial charge is 0.162 e. The highest BCUT2D eigenvalue weighted by Crippen LogP contribution is 2.66. The lowest BCUT2D eigenvalue weighted by atomic mass is 9.45. The van der Waals surface area contributed by atoms with E-state index < -0.39 is 29.5 Å². The van der Waals surface area contributed by atoms with Crippen LogP contribution in [0.1, 0.15) is 44.9 Å². The Hall–Kier alpha value is -1.37. The number of ketones is 2. The highest BCUT2D eigenvalue weighted by molar-refractivity contribution is 5.91. The topological polar surface area (TPSA) is 112 Å². The van der Waals surface area contributed by atoms with E-state index in [9.17, 15) is 29.7 Å². The first-order valence-electron chi connectivity index (χ1n) is 10.1. The summed E-state index contributed by atoms with van der Waals surface area (Å²) in [5, 5.41) is 30.9. The SMILES string of the molecule is O=C[C@]12C[C@H](O)[C@H]3[C@@H](CCC4=CC(=O)CC[C@@]43CO)[C@@H]1CC[C@@H]2C(=O)CO. The van der Waals surface area contributed by atoms with Crippen molar-refractivity contribution in [3.05, 3.63) is 11.6 Å². The zero-order valence-corrected chi connectivity index (χ0v) is 15.5. The van der Waals surface area contributed by atoms with Gasteiger partial charge in [0.15, 0.2) is 11.6 Å². The van der Waals surface area contributed by atoms with Gasteiger partial charge in [-0.15, -0.1) is 0 Å². The van der Waals surface area contributed by atoms with E-state index in [1.165, 1.54) is 0 Å². The maximum atomic E-state index is 12.3. The zero-order valence-electron chi connectivity index (χ0n) is 15.5. The highest BCUT2D eigenvalue weighted by Gasteiger charge is 2.65. The van der Waals surface area contributed by atoms with E-state index in [-0.39, 0.29) is 42.3 Å². The number of aliphatic hydroxyl groups excluding tert-OH is 3. The molecule has 0 heterocycles. The van der Waals surface area contributed by atoms with Gasteiger partial charge in [-0.25, -0.2) is 0 Å². The summed E-state index contributed by atoms with van der Waals surface area (Å²) >= 11 is 0. The van der Waals surface area contributed by atoms with Gasteiger partial charge in [-0.2, -0.15) is 0 Å². The molecule has 6 heteroatoms. The lowest BCUT2D eigenvalue weighted by molar-refractivity contribution is -0.162. The Kier molecular flexibility index (Phi) is 4.64. The van der Waals surface area contributed by atoms with Gasteiger partial charge in [0, 0.05) is 23.2 Å². The van der Waals surface area contributed by atoms with Crippen LogP contribution in [-0.2, 0) is 14.4 Å². The number of Topliss-reactive ketones (excluding diaryl/α,β-unsaturated/α-hetero) is 1. The van der Waals surface area contributed by atoms with Crippen LogP contribution in [0.25, 0.3) is 0 Å². The fraction of sp³-hybridized carbons (Fsp3) is 0.762. The van der Waals surface area contributed by atoms with Crippen molar-refractivity contribution in [3.8, 4) is 0 Å². The first kappa shape index (κ1) is 19.0. The van der Waals surface area contributed by atoms with Crippen LogP contribution in [0.3, 0.4) is 0 Å². The number of aliphatic hydroxyl groups is 3. The van der Waals surface area contributed by atoms with E-state index in [4.69, 9.17) is 0 Å². The predicted octanol–water partition coefficient (Wildman–Crippen LogP) is 0.818. The molecule has 3 N–H and O–H groups in total. The molecule has 4 rings (SSSR count). The molecule has 0 aromatic heterocycles. The van der Waals surface area contributed by atoms with Gasteiger partial charge in [-0.3, -0.25) is 9.59 Å². The second kappa shape index (κ2) is 6.61. The Bertz CT molecular complexity index is 699. The molecule has 6 nitrogen and oxygen atoms in total. The van der Waals surface area contributed by atoms with Gasteiger partial charge in [0.2, 0.25) is 0 Å². The van der Waals surface area contributed by atoms with Gasteiger partial charge in [-0.05, 0) is 62.4 Å². The molecule has 3 saturated carbocycles. The molecule has 27 heavy (non-hydrogen) atoms. The third kappa shape index (κ3) is 2.46. The van der Waals surface area contributed by atoms with Crippen LogP contribution in [0.15, 0.2) is 11.6 Å². The summed E-state index contributed by atoms with van der Waals surface area (Å²) in [6.45, 7) is -0.684. The van der Waals surface area contributed by atoms with Crippen LogP contribution < -0.4 is 0 Å². The Morgan fingerprint density at radius 1 is 1.22 bits per heavy atom. The monoisotopic (exact) mass is 376 g/mol. The maximum absolute atomic E-state index is 12.3. The standard InChI is InChI=1S/C21H28O6/c22-9-18(27)16-4-3-15-14-2-1-12-7-13(25)5-6-20(12,10-23)19(14)17(26)8-21(15,16)11-24/h7,11,14-17,19,22-23,26H,1-6,8-10H2/t14-,15-,16+,17-,19+,20+,21+/m0/s1. The lowest BCUT2D eigenvalue weighted by Crippen LogP contribution is -2.60. The molecule has 0 amide bonds. The van der Waals surface area contributed by atoms with E-state index in [1.54, 1.807) is 6.08 Å². The Morgan fingerprint density at radius 2 is 2.00 bits per heavy atom. The maximum Gasteiger partial charge on any atom is 0.162 e. The molecule has 4 aliphatic carbocycles. The fourth-order valence-corrected chi connectivity index (χ4v) is 7.25. The number of hydrogen-bond donors (Lipinski definition) is 3. The normalized spacial score (nSPS) is 46.1. The average Bonchev–Trinajstić information content (AvgIpc) is 3.06. The van der Waals surface area contributed by atoms with Crippen LogP contribution in [0, 0.1) is 34.5 Å². The van der Waals surface area contributed by atoms with Crippen molar-refractivity contribution in [1.82, 2.24) is 0 Å². The fourth-order valence-electron chi connectivity index (χ4n) is 7.25. The Morgan fingerprint density at radius 3 is 2.67 bits per heavy atom. The second-order valence-electron chi connectivity index (χ2n) is 9.04. The van der Waals surface area contributed by atoms with Gasteiger partial charge in [-0.1, -0.05) is 5.57 Å². The molecule has 0 radical (unpaired) electrons. The summed E-state index contributed by atoms with van der Waals surface area (Å²) in [7, 11) is 0. The summed E-state index contributed by atoms with van der Waals surface area (Å²) in [6.07, 6.45) is 5.54. The second-order valence-corrected chi connectivity index (χ2v) is 9.04. The molecule has 4 aliphatic rings. The average molecular weight is 376 g/mol. The number of fused-ring (bicyclic) bond motifs is 5. The van der Waals surface area contributed by atoms with Crippen molar-refractivity contribution in [2.24, 2.45) is 34.5 Å². The minimum absolute atomic E-state index is 0.0218. The van der Waals surface area contributed by atoms with Gasteiger partial charge >= 0.3 is 0 Å². The molecular weight excluding hydrogens is 348 g/mol. The molecule has 0 spiro atoms. The quantitative estimate of drug-likeness (QED) is 0.626. The van der Waals surface area contributed by atoms with Crippen molar-refractivity contribution in [1.29, 1.82) is 0 Å². The molecule has 0 aliphatic heterocycles. The summed E-state index contributed by atoms with van der Waals surface area (Å²) in [5.74, 6) is -0.951. The number of rotatable bonds is 4. The molecule has 3 fully saturated rings. The molecule has 148 valence electrons. The molecule has 0 aromatic rings.